The highest BCUT2D eigenvalue weighted by atomic mass is 19.1. The van der Waals surface area contributed by atoms with Crippen LogP contribution in [0.3, 0.4) is 0 Å². The number of halogens is 1. The molecule has 6 heteroatoms. The third-order valence-corrected chi connectivity index (χ3v) is 4.64. The van der Waals surface area contributed by atoms with Gasteiger partial charge in [-0.1, -0.05) is 13.8 Å². The Morgan fingerprint density at radius 1 is 1.33 bits per heavy atom. The van der Waals surface area contributed by atoms with Crippen molar-refractivity contribution in [3.63, 3.8) is 0 Å². The Morgan fingerprint density at radius 2 is 2.08 bits per heavy atom. The van der Waals surface area contributed by atoms with Crippen LogP contribution in [0.15, 0.2) is 12.1 Å². The Bertz CT molecular complexity index is 600. The van der Waals surface area contributed by atoms with Gasteiger partial charge in [0.2, 0.25) is 5.91 Å². The van der Waals surface area contributed by atoms with Crippen molar-refractivity contribution in [2.24, 2.45) is 5.92 Å². The van der Waals surface area contributed by atoms with Gasteiger partial charge in [0, 0.05) is 17.7 Å². The lowest BCUT2D eigenvalue weighted by molar-refractivity contribution is -0.127. The summed E-state index contributed by atoms with van der Waals surface area (Å²) in [6.07, 6.45) is 2.28. The Kier molecular flexibility index (Phi) is 5.36. The van der Waals surface area contributed by atoms with Crippen LogP contribution in [0.2, 0.25) is 0 Å². The minimum atomic E-state index is -0.341. The SMILES string of the molecule is CC(C)[C@H](C(=O)NCc1cc(F)cc2c1OCOC2)N1CCCC1. The van der Waals surface area contributed by atoms with Gasteiger partial charge in [-0.15, -0.1) is 0 Å². The number of fused-ring (bicyclic) bond motifs is 1. The fourth-order valence-corrected chi connectivity index (χ4v) is 3.58. The average molecular weight is 336 g/mol. The second kappa shape index (κ2) is 7.49. The van der Waals surface area contributed by atoms with E-state index >= 15 is 0 Å². The van der Waals surface area contributed by atoms with Gasteiger partial charge >= 0.3 is 0 Å². The topological polar surface area (TPSA) is 50.8 Å². The van der Waals surface area contributed by atoms with E-state index in [9.17, 15) is 9.18 Å². The van der Waals surface area contributed by atoms with Crippen molar-refractivity contribution in [3.8, 4) is 5.75 Å². The number of rotatable bonds is 5. The first-order valence-electron chi connectivity index (χ1n) is 8.60. The van der Waals surface area contributed by atoms with Gasteiger partial charge in [0.15, 0.2) is 6.79 Å². The summed E-state index contributed by atoms with van der Waals surface area (Å²) in [6.45, 7) is 6.80. The van der Waals surface area contributed by atoms with Crippen molar-refractivity contribution in [2.45, 2.75) is 45.9 Å². The lowest BCUT2D eigenvalue weighted by atomic mass is 10.0. The zero-order valence-corrected chi connectivity index (χ0v) is 14.3. The molecule has 1 amide bonds. The first-order chi connectivity index (χ1) is 11.6. The third kappa shape index (κ3) is 3.70. The van der Waals surface area contributed by atoms with E-state index in [1.807, 2.05) is 0 Å². The first-order valence-corrected chi connectivity index (χ1v) is 8.60. The number of carbonyl (C=O) groups excluding carboxylic acids is 1. The molecule has 1 saturated heterocycles. The molecule has 0 unspecified atom stereocenters. The fourth-order valence-electron chi connectivity index (χ4n) is 3.58. The molecule has 24 heavy (non-hydrogen) atoms. The Labute approximate surface area is 142 Å². The predicted octanol–water partition coefficient (Wildman–Crippen LogP) is 2.43. The van der Waals surface area contributed by atoms with Crippen LogP contribution in [0.5, 0.6) is 5.75 Å². The zero-order valence-electron chi connectivity index (χ0n) is 14.3. The van der Waals surface area contributed by atoms with Gasteiger partial charge in [-0.05, 0) is 44.0 Å². The highest BCUT2D eigenvalue weighted by molar-refractivity contribution is 5.82. The summed E-state index contributed by atoms with van der Waals surface area (Å²) in [5.74, 6) is 0.517. The van der Waals surface area contributed by atoms with E-state index in [2.05, 4.69) is 24.1 Å². The van der Waals surface area contributed by atoms with Crippen LogP contribution in [-0.2, 0) is 22.7 Å². The molecular weight excluding hydrogens is 311 g/mol. The Hall–Kier alpha value is -1.66. The van der Waals surface area contributed by atoms with Crippen molar-refractivity contribution >= 4 is 5.91 Å². The third-order valence-electron chi connectivity index (χ3n) is 4.64. The van der Waals surface area contributed by atoms with E-state index < -0.39 is 0 Å². The molecule has 0 bridgehead atoms. The van der Waals surface area contributed by atoms with E-state index in [0.717, 1.165) is 25.9 Å². The number of benzene rings is 1. The summed E-state index contributed by atoms with van der Waals surface area (Å²) < 4.78 is 24.5. The van der Waals surface area contributed by atoms with Gasteiger partial charge in [0.1, 0.15) is 11.6 Å². The van der Waals surface area contributed by atoms with Crippen LogP contribution in [0.4, 0.5) is 4.39 Å². The standard InChI is InChI=1S/C18H25FN2O3/c1-12(2)16(21-5-3-4-6-21)18(22)20-9-13-7-15(19)8-14-10-23-11-24-17(13)14/h7-8,12,16H,3-6,9-11H2,1-2H3,(H,20,22)/t16-/m1/s1. The molecule has 0 aromatic heterocycles. The van der Waals surface area contributed by atoms with Crippen molar-refractivity contribution < 1.29 is 18.7 Å². The summed E-state index contributed by atoms with van der Waals surface area (Å²) >= 11 is 0. The number of nitrogens with zero attached hydrogens (tertiary/aromatic N) is 1. The first kappa shape index (κ1) is 17.2. The second-order valence-corrected chi connectivity index (χ2v) is 6.81. The van der Waals surface area contributed by atoms with Crippen LogP contribution < -0.4 is 10.1 Å². The van der Waals surface area contributed by atoms with Crippen LogP contribution in [0.1, 0.15) is 37.8 Å². The quantitative estimate of drug-likeness (QED) is 0.897. The summed E-state index contributed by atoms with van der Waals surface area (Å²) in [6, 6.07) is 2.70. The molecule has 1 aromatic carbocycles. The van der Waals surface area contributed by atoms with Crippen LogP contribution in [0.25, 0.3) is 0 Å². The van der Waals surface area contributed by atoms with Crippen LogP contribution >= 0.6 is 0 Å². The van der Waals surface area contributed by atoms with E-state index in [0.29, 0.717) is 23.5 Å². The molecule has 1 N–H and O–H groups in total. The van der Waals surface area contributed by atoms with Crippen LogP contribution in [0, 0.1) is 11.7 Å². The largest absolute Gasteiger partial charge is 0.467 e. The van der Waals surface area contributed by atoms with Gasteiger partial charge in [0.05, 0.1) is 12.6 Å². The van der Waals surface area contributed by atoms with Crippen LogP contribution in [-0.4, -0.2) is 36.7 Å². The highest BCUT2D eigenvalue weighted by Crippen LogP contribution is 2.29. The molecular formula is C18H25FN2O3. The monoisotopic (exact) mass is 336 g/mol. The number of hydrogen-bond acceptors (Lipinski definition) is 4. The van der Waals surface area contributed by atoms with E-state index in [1.165, 1.54) is 12.1 Å². The molecule has 5 nitrogen and oxygen atoms in total. The van der Waals surface area contributed by atoms with E-state index in [-0.39, 0.29) is 37.0 Å². The maximum Gasteiger partial charge on any atom is 0.237 e. The zero-order chi connectivity index (χ0) is 17.1. The van der Waals surface area contributed by atoms with Crippen molar-refractivity contribution in [1.82, 2.24) is 10.2 Å². The predicted molar refractivity (Wildman–Crippen MR) is 88.0 cm³/mol. The van der Waals surface area contributed by atoms with Crippen molar-refractivity contribution in [2.75, 3.05) is 19.9 Å². The highest BCUT2D eigenvalue weighted by Gasteiger charge is 2.30. The number of carbonyl (C=O) groups is 1. The van der Waals surface area contributed by atoms with Gasteiger partial charge in [-0.2, -0.15) is 0 Å². The minimum Gasteiger partial charge on any atom is -0.467 e. The summed E-state index contributed by atoms with van der Waals surface area (Å²) in [4.78, 5) is 14.9. The lowest BCUT2D eigenvalue weighted by Crippen LogP contribution is -2.48. The number of amides is 1. The molecule has 3 rings (SSSR count). The molecule has 2 aliphatic rings. The average Bonchev–Trinajstić information content (AvgIpc) is 3.06. The summed E-state index contributed by atoms with van der Waals surface area (Å²) in [5.41, 5.74) is 1.34. The van der Waals surface area contributed by atoms with E-state index in [4.69, 9.17) is 9.47 Å². The molecule has 132 valence electrons. The smallest absolute Gasteiger partial charge is 0.237 e. The molecule has 0 aliphatic carbocycles. The number of likely N-dealkylation sites (tertiary alicyclic amines) is 1. The molecule has 0 radical (unpaired) electrons. The molecule has 1 fully saturated rings. The lowest BCUT2D eigenvalue weighted by Gasteiger charge is -2.29. The maximum absolute atomic E-state index is 13.8. The summed E-state index contributed by atoms with van der Waals surface area (Å²) in [7, 11) is 0. The second-order valence-electron chi connectivity index (χ2n) is 6.81. The fraction of sp³-hybridized carbons (Fsp3) is 0.611. The van der Waals surface area contributed by atoms with Gasteiger partial charge in [0.25, 0.3) is 0 Å². The summed E-state index contributed by atoms with van der Waals surface area (Å²) in [5, 5.41) is 2.97. The molecule has 2 aliphatic heterocycles. The number of hydrogen-bond donors (Lipinski definition) is 1. The Balaban J connectivity index is 1.70. The van der Waals surface area contributed by atoms with E-state index in [1.54, 1.807) is 0 Å². The van der Waals surface area contributed by atoms with Gasteiger partial charge in [-0.3, -0.25) is 9.69 Å². The molecule has 0 spiro atoms. The molecule has 1 atom stereocenters. The van der Waals surface area contributed by atoms with Gasteiger partial charge in [-0.25, -0.2) is 4.39 Å². The van der Waals surface area contributed by atoms with Gasteiger partial charge < -0.3 is 14.8 Å². The molecule has 1 aromatic rings. The number of nitrogens with one attached hydrogen (secondary N) is 1. The molecule has 0 saturated carbocycles. The number of ether oxygens (including phenoxy) is 2. The van der Waals surface area contributed by atoms with Crippen molar-refractivity contribution in [1.29, 1.82) is 0 Å². The maximum atomic E-state index is 13.8. The van der Waals surface area contributed by atoms with Crippen molar-refractivity contribution in [3.05, 3.63) is 29.1 Å². The minimum absolute atomic E-state index is 0.00280. The molecule has 2 heterocycles. The normalized spacial score (nSPS) is 19.0. The Morgan fingerprint density at radius 3 is 2.79 bits per heavy atom.